The van der Waals surface area contributed by atoms with Crippen LogP contribution in [0.25, 0.3) is 0 Å². The van der Waals surface area contributed by atoms with Crippen LogP contribution < -0.4 is 5.32 Å². The second-order valence-corrected chi connectivity index (χ2v) is 7.63. The van der Waals surface area contributed by atoms with Crippen LogP contribution in [-0.4, -0.2) is 23.1 Å². The van der Waals surface area contributed by atoms with Gasteiger partial charge in [0.05, 0.1) is 12.2 Å². The lowest BCUT2D eigenvalue weighted by molar-refractivity contribution is 0.220. The number of amides is 2. The summed E-state index contributed by atoms with van der Waals surface area (Å²) in [5.74, 6) is 0.741. The Morgan fingerprint density at radius 1 is 1.11 bits per heavy atom. The Kier molecular flexibility index (Phi) is 5.86. The van der Waals surface area contributed by atoms with Gasteiger partial charge in [0.15, 0.2) is 0 Å². The molecule has 27 heavy (non-hydrogen) atoms. The molecule has 1 heterocycles. The predicted octanol–water partition coefficient (Wildman–Crippen LogP) is 5.41. The number of nitrogens with one attached hydrogen (secondary N) is 1. The average Bonchev–Trinajstić information content (AvgIpc) is 2.96. The van der Waals surface area contributed by atoms with Crippen molar-refractivity contribution in [2.75, 3.05) is 12.4 Å². The van der Waals surface area contributed by atoms with Crippen LogP contribution in [0.2, 0.25) is 0 Å². The smallest absolute Gasteiger partial charge is 0.321 e. The Balaban J connectivity index is 1.65. The van der Waals surface area contributed by atoms with E-state index in [1.807, 2.05) is 51.1 Å². The second kappa shape index (κ2) is 8.31. The molecule has 0 fully saturated rings. The fourth-order valence-electron chi connectivity index (χ4n) is 2.71. The first-order chi connectivity index (χ1) is 12.9. The molecular formula is C21H23N3O2S. The minimum atomic E-state index is -0.165. The number of urea groups is 1. The zero-order valence-corrected chi connectivity index (χ0v) is 16.8. The first-order valence-corrected chi connectivity index (χ1v) is 9.53. The number of hydrogen-bond donors (Lipinski definition) is 1. The van der Waals surface area contributed by atoms with Gasteiger partial charge in [0, 0.05) is 28.1 Å². The molecular weight excluding hydrogens is 358 g/mol. The molecule has 0 bridgehead atoms. The molecule has 1 aromatic heterocycles. The summed E-state index contributed by atoms with van der Waals surface area (Å²) in [7, 11) is 1.76. The summed E-state index contributed by atoms with van der Waals surface area (Å²) in [5.41, 5.74) is 3.59. The molecule has 0 aliphatic rings. The summed E-state index contributed by atoms with van der Waals surface area (Å²) in [4.78, 5) is 16.5. The molecule has 0 spiro atoms. The molecule has 0 aliphatic heterocycles. The Morgan fingerprint density at radius 3 is 2.48 bits per heavy atom. The maximum absolute atomic E-state index is 12.5. The van der Waals surface area contributed by atoms with Crippen molar-refractivity contribution in [3.63, 3.8) is 0 Å². The molecule has 3 aromatic rings. The third-order valence-corrected chi connectivity index (χ3v) is 5.34. The van der Waals surface area contributed by atoms with Crippen molar-refractivity contribution in [1.29, 1.82) is 0 Å². The fourth-order valence-corrected chi connectivity index (χ4v) is 3.65. The van der Waals surface area contributed by atoms with Gasteiger partial charge in [0.25, 0.3) is 0 Å². The van der Waals surface area contributed by atoms with E-state index < -0.39 is 0 Å². The van der Waals surface area contributed by atoms with E-state index in [0.717, 1.165) is 33.2 Å². The van der Waals surface area contributed by atoms with Crippen molar-refractivity contribution in [1.82, 2.24) is 10.1 Å². The number of carbonyl (C=O) groups is 1. The Labute approximate surface area is 163 Å². The molecule has 2 amide bonds. The Bertz CT molecular complexity index is 918. The maximum Gasteiger partial charge on any atom is 0.321 e. The third kappa shape index (κ3) is 4.71. The van der Waals surface area contributed by atoms with Gasteiger partial charge < -0.3 is 14.7 Å². The molecule has 0 unspecified atom stereocenters. The molecule has 0 aliphatic carbocycles. The normalized spacial score (nSPS) is 10.7. The quantitative estimate of drug-likeness (QED) is 0.641. The van der Waals surface area contributed by atoms with Crippen LogP contribution in [0.15, 0.2) is 62.8 Å². The van der Waals surface area contributed by atoms with Crippen molar-refractivity contribution >= 4 is 23.5 Å². The van der Waals surface area contributed by atoms with E-state index in [2.05, 4.69) is 28.7 Å². The van der Waals surface area contributed by atoms with E-state index in [1.165, 1.54) is 4.90 Å². The first kappa shape index (κ1) is 19.0. The molecule has 6 heteroatoms. The van der Waals surface area contributed by atoms with E-state index in [1.54, 1.807) is 23.7 Å². The van der Waals surface area contributed by atoms with E-state index in [4.69, 9.17) is 4.52 Å². The highest BCUT2D eigenvalue weighted by Crippen LogP contribution is 2.30. The van der Waals surface area contributed by atoms with Gasteiger partial charge in [0.2, 0.25) is 0 Å². The van der Waals surface area contributed by atoms with Crippen LogP contribution in [0, 0.1) is 20.8 Å². The van der Waals surface area contributed by atoms with Crippen LogP contribution >= 0.6 is 11.8 Å². The largest absolute Gasteiger partial charge is 0.361 e. The summed E-state index contributed by atoms with van der Waals surface area (Å²) in [6.45, 7) is 6.19. The molecule has 0 saturated carbocycles. The number of carbonyl (C=O) groups excluding carboxylic acids is 1. The van der Waals surface area contributed by atoms with Crippen LogP contribution in [-0.2, 0) is 6.54 Å². The summed E-state index contributed by atoms with van der Waals surface area (Å²) >= 11 is 1.70. The van der Waals surface area contributed by atoms with Gasteiger partial charge in [-0.05, 0) is 56.7 Å². The van der Waals surface area contributed by atoms with E-state index in [9.17, 15) is 4.79 Å². The monoisotopic (exact) mass is 381 g/mol. The van der Waals surface area contributed by atoms with Gasteiger partial charge in [-0.2, -0.15) is 0 Å². The van der Waals surface area contributed by atoms with Gasteiger partial charge in [-0.15, -0.1) is 0 Å². The summed E-state index contributed by atoms with van der Waals surface area (Å²) in [5, 5.41) is 6.91. The van der Waals surface area contributed by atoms with Crippen LogP contribution in [0.3, 0.4) is 0 Å². The third-order valence-electron chi connectivity index (χ3n) is 4.34. The van der Waals surface area contributed by atoms with E-state index >= 15 is 0 Å². The SMILES string of the molecule is Cc1cc(Sc2ccccc2)ccc1NC(=O)N(C)Cc1c(C)noc1C. The molecule has 1 N–H and O–H groups in total. The highest BCUT2D eigenvalue weighted by atomic mass is 32.2. The van der Waals surface area contributed by atoms with Crippen LogP contribution in [0.4, 0.5) is 10.5 Å². The molecule has 0 saturated heterocycles. The number of rotatable bonds is 5. The number of benzene rings is 2. The molecule has 5 nitrogen and oxygen atoms in total. The van der Waals surface area contributed by atoms with Crippen molar-refractivity contribution in [3.05, 3.63) is 71.1 Å². The predicted molar refractivity (Wildman–Crippen MR) is 108 cm³/mol. The minimum absolute atomic E-state index is 0.165. The number of hydrogen-bond acceptors (Lipinski definition) is 4. The molecule has 0 radical (unpaired) electrons. The van der Waals surface area contributed by atoms with E-state index in [0.29, 0.717) is 6.54 Å². The highest BCUT2D eigenvalue weighted by molar-refractivity contribution is 7.99. The maximum atomic E-state index is 12.5. The average molecular weight is 382 g/mol. The zero-order valence-electron chi connectivity index (χ0n) is 15.9. The highest BCUT2D eigenvalue weighted by Gasteiger charge is 2.16. The Morgan fingerprint density at radius 2 is 1.85 bits per heavy atom. The number of anilines is 1. The summed E-state index contributed by atoms with van der Waals surface area (Å²) in [6, 6.07) is 16.1. The van der Waals surface area contributed by atoms with Crippen LogP contribution in [0.1, 0.15) is 22.6 Å². The van der Waals surface area contributed by atoms with E-state index in [-0.39, 0.29) is 6.03 Å². The van der Waals surface area contributed by atoms with Gasteiger partial charge in [0.1, 0.15) is 5.76 Å². The topological polar surface area (TPSA) is 58.4 Å². The molecule has 3 rings (SSSR count). The lowest BCUT2D eigenvalue weighted by atomic mass is 10.2. The van der Waals surface area contributed by atoms with Gasteiger partial charge in [-0.25, -0.2) is 4.79 Å². The number of aryl methyl sites for hydroxylation is 3. The van der Waals surface area contributed by atoms with Crippen molar-refractivity contribution in [2.24, 2.45) is 0 Å². The van der Waals surface area contributed by atoms with Crippen molar-refractivity contribution in [2.45, 2.75) is 37.1 Å². The standard InChI is InChI=1S/C21H23N3O2S/c1-14-12-18(27-17-8-6-5-7-9-17)10-11-20(14)22-21(25)24(4)13-19-15(2)23-26-16(19)3/h5-12H,13H2,1-4H3,(H,22,25). The first-order valence-electron chi connectivity index (χ1n) is 8.71. The molecule has 2 aromatic carbocycles. The number of nitrogens with zero attached hydrogens (tertiary/aromatic N) is 2. The molecule has 140 valence electrons. The fraction of sp³-hybridized carbons (Fsp3) is 0.238. The van der Waals surface area contributed by atoms with Crippen molar-refractivity contribution < 1.29 is 9.32 Å². The van der Waals surface area contributed by atoms with Gasteiger partial charge >= 0.3 is 6.03 Å². The Hall–Kier alpha value is -2.73. The summed E-state index contributed by atoms with van der Waals surface area (Å²) in [6.07, 6.45) is 0. The van der Waals surface area contributed by atoms with Crippen LogP contribution in [0.5, 0.6) is 0 Å². The minimum Gasteiger partial charge on any atom is -0.361 e. The van der Waals surface area contributed by atoms with Gasteiger partial charge in [-0.3, -0.25) is 0 Å². The molecule has 0 atom stereocenters. The van der Waals surface area contributed by atoms with Gasteiger partial charge in [-0.1, -0.05) is 35.1 Å². The van der Waals surface area contributed by atoms with Crippen molar-refractivity contribution in [3.8, 4) is 0 Å². The number of aromatic nitrogens is 1. The summed E-state index contributed by atoms with van der Waals surface area (Å²) < 4.78 is 5.16. The lowest BCUT2D eigenvalue weighted by Crippen LogP contribution is -2.31. The second-order valence-electron chi connectivity index (χ2n) is 6.48. The lowest BCUT2D eigenvalue weighted by Gasteiger charge is -2.19. The zero-order chi connectivity index (χ0) is 19.4.